The third-order valence-electron chi connectivity index (χ3n) is 3.00. The predicted molar refractivity (Wildman–Crippen MR) is 80.8 cm³/mol. The second-order valence-corrected chi connectivity index (χ2v) is 4.77. The maximum atomic E-state index is 11.5. The van der Waals surface area contributed by atoms with E-state index < -0.39 is 11.9 Å². The first-order chi connectivity index (χ1) is 10.5. The molecule has 2 aliphatic rings. The second kappa shape index (κ2) is 5.40. The molecule has 0 aliphatic carbocycles. The average Bonchev–Trinajstić information content (AvgIpc) is 2.94. The average molecular weight is 296 g/mol. The van der Waals surface area contributed by atoms with Crippen LogP contribution in [0.5, 0.6) is 0 Å². The van der Waals surface area contributed by atoms with Gasteiger partial charge in [0.25, 0.3) is 0 Å². The zero-order chi connectivity index (χ0) is 15.7. The van der Waals surface area contributed by atoms with Crippen molar-refractivity contribution in [2.75, 3.05) is 0 Å². The summed E-state index contributed by atoms with van der Waals surface area (Å²) in [5.41, 5.74) is 2.15. The lowest BCUT2D eigenvalue weighted by Gasteiger charge is -1.97. The number of rotatable bonds is 2. The van der Waals surface area contributed by atoms with Gasteiger partial charge in [0, 0.05) is 13.8 Å². The molecule has 0 spiro atoms. The summed E-state index contributed by atoms with van der Waals surface area (Å²) in [6.45, 7) is 3.24. The number of carbonyl (C=O) groups excluding carboxylic acids is 2. The van der Waals surface area contributed by atoms with Crippen LogP contribution in [0, 0.1) is 0 Å². The molecule has 0 bridgehead atoms. The zero-order valence-corrected chi connectivity index (χ0v) is 12.0. The molecule has 1 aromatic carbocycles. The quantitative estimate of drug-likeness (QED) is 0.620. The van der Waals surface area contributed by atoms with Gasteiger partial charge >= 0.3 is 11.9 Å². The molecular formula is C16H12N2O4. The van der Waals surface area contributed by atoms with Crippen molar-refractivity contribution in [2.24, 2.45) is 9.98 Å². The van der Waals surface area contributed by atoms with E-state index in [-0.39, 0.29) is 11.4 Å². The smallest absolute Gasteiger partial charge is 0.363 e. The number of hydrogen-bond acceptors (Lipinski definition) is 6. The van der Waals surface area contributed by atoms with E-state index in [1.54, 1.807) is 26.0 Å². The molecule has 0 unspecified atom stereocenters. The summed E-state index contributed by atoms with van der Waals surface area (Å²) in [6, 6.07) is 7.25. The summed E-state index contributed by atoms with van der Waals surface area (Å²) in [4.78, 5) is 31.0. The molecule has 0 radical (unpaired) electrons. The predicted octanol–water partition coefficient (Wildman–Crippen LogP) is 2.32. The summed E-state index contributed by atoms with van der Waals surface area (Å²) < 4.78 is 9.69. The van der Waals surface area contributed by atoms with Crippen LogP contribution in [0.15, 0.2) is 45.6 Å². The molecule has 6 nitrogen and oxygen atoms in total. The molecule has 1 aromatic rings. The number of aliphatic imine (C=N–C) groups is 2. The van der Waals surface area contributed by atoms with Gasteiger partial charge in [0.1, 0.15) is 0 Å². The molecule has 0 N–H and O–H groups in total. The van der Waals surface area contributed by atoms with Gasteiger partial charge in [0.15, 0.2) is 23.2 Å². The molecule has 3 rings (SSSR count). The fraction of sp³-hybridized carbons (Fsp3) is 0.125. The van der Waals surface area contributed by atoms with Gasteiger partial charge in [-0.25, -0.2) is 19.6 Å². The molecule has 2 aliphatic heterocycles. The fourth-order valence-electron chi connectivity index (χ4n) is 2.04. The Morgan fingerprint density at radius 2 is 1.14 bits per heavy atom. The molecule has 0 atom stereocenters. The van der Waals surface area contributed by atoms with Crippen LogP contribution in [0.25, 0.3) is 12.2 Å². The Balaban J connectivity index is 1.82. The Morgan fingerprint density at radius 1 is 0.773 bits per heavy atom. The van der Waals surface area contributed by atoms with E-state index in [1.165, 1.54) is 0 Å². The van der Waals surface area contributed by atoms with Gasteiger partial charge in [-0.3, -0.25) is 0 Å². The first kappa shape index (κ1) is 13.9. The van der Waals surface area contributed by atoms with Crippen molar-refractivity contribution in [3.63, 3.8) is 0 Å². The molecule has 0 aromatic heterocycles. The van der Waals surface area contributed by atoms with Crippen molar-refractivity contribution < 1.29 is 19.1 Å². The van der Waals surface area contributed by atoms with E-state index in [4.69, 9.17) is 9.47 Å². The number of esters is 2. The minimum Gasteiger partial charge on any atom is -0.407 e. The van der Waals surface area contributed by atoms with Crippen molar-refractivity contribution in [2.45, 2.75) is 13.8 Å². The second-order valence-electron chi connectivity index (χ2n) is 4.77. The highest BCUT2D eigenvalue weighted by atomic mass is 16.6. The third kappa shape index (κ3) is 2.85. The molecule has 22 heavy (non-hydrogen) atoms. The lowest BCUT2D eigenvalue weighted by atomic mass is 10.1. The number of nitrogens with zero attached hydrogens (tertiary/aromatic N) is 2. The van der Waals surface area contributed by atoms with Crippen molar-refractivity contribution in [3.8, 4) is 0 Å². The molecule has 0 fully saturated rings. The van der Waals surface area contributed by atoms with Crippen molar-refractivity contribution in [1.82, 2.24) is 0 Å². The van der Waals surface area contributed by atoms with E-state index in [0.717, 1.165) is 11.1 Å². The third-order valence-corrected chi connectivity index (χ3v) is 3.00. The number of benzene rings is 1. The summed E-state index contributed by atoms with van der Waals surface area (Å²) in [5, 5.41) is 0. The van der Waals surface area contributed by atoms with E-state index in [1.807, 2.05) is 24.3 Å². The van der Waals surface area contributed by atoms with Gasteiger partial charge in [-0.15, -0.1) is 0 Å². The number of carbonyl (C=O) groups is 2. The van der Waals surface area contributed by atoms with E-state index in [9.17, 15) is 9.59 Å². The Kier molecular flexibility index (Phi) is 3.42. The van der Waals surface area contributed by atoms with Gasteiger partial charge in [-0.05, 0) is 23.3 Å². The van der Waals surface area contributed by atoms with Gasteiger partial charge in [-0.2, -0.15) is 0 Å². The number of hydrogen-bond donors (Lipinski definition) is 0. The molecule has 0 saturated carbocycles. The maximum absolute atomic E-state index is 11.5. The highest BCUT2D eigenvalue weighted by molar-refractivity contribution is 6.07. The lowest BCUT2D eigenvalue weighted by Crippen LogP contribution is -2.00. The van der Waals surface area contributed by atoms with Crippen LogP contribution in [0.3, 0.4) is 0 Å². The van der Waals surface area contributed by atoms with Gasteiger partial charge in [0.05, 0.1) is 0 Å². The molecule has 6 heteroatoms. The van der Waals surface area contributed by atoms with Crippen molar-refractivity contribution >= 4 is 35.9 Å². The summed E-state index contributed by atoms with van der Waals surface area (Å²) in [6.07, 6.45) is 3.28. The topological polar surface area (TPSA) is 77.3 Å². The Hall–Kier alpha value is -3.02. The summed E-state index contributed by atoms with van der Waals surface area (Å²) in [5.74, 6) is -0.236. The number of cyclic esters (lactones) is 2. The zero-order valence-electron chi connectivity index (χ0n) is 12.0. The molecule has 2 heterocycles. The molecular weight excluding hydrogens is 284 g/mol. The van der Waals surface area contributed by atoms with Crippen LogP contribution in [0.2, 0.25) is 0 Å². The molecule has 0 amide bonds. The summed E-state index contributed by atoms with van der Waals surface area (Å²) in [7, 11) is 0. The highest BCUT2D eigenvalue weighted by Crippen LogP contribution is 2.18. The van der Waals surface area contributed by atoms with Crippen LogP contribution in [0.1, 0.15) is 25.0 Å². The van der Waals surface area contributed by atoms with Crippen molar-refractivity contribution in [3.05, 3.63) is 46.8 Å². The molecule has 0 saturated heterocycles. The minimum atomic E-state index is -0.456. The monoisotopic (exact) mass is 296 g/mol. The Labute approximate surface area is 126 Å². The van der Waals surface area contributed by atoms with E-state index in [0.29, 0.717) is 11.8 Å². The first-order valence-corrected chi connectivity index (χ1v) is 6.60. The van der Waals surface area contributed by atoms with E-state index >= 15 is 0 Å². The standard InChI is InChI=1S/C16H12N2O4/c1-9-17-13(15(19)21-9)7-11-3-5-12(6-4-11)8-14-16(20)22-10(2)18-14/h3-8H,1-2H3/b13-7-,14-8-. The Morgan fingerprint density at radius 3 is 1.41 bits per heavy atom. The first-order valence-electron chi connectivity index (χ1n) is 6.60. The number of ether oxygens (including phenoxy) is 2. The van der Waals surface area contributed by atoms with Crippen molar-refractivity contribution in [1.29, 1.82) is 0 Å². The molecule has 110 valence electrons. The minimum absolute atomic E-state index is 0.267. The normalized spacial score (nSPS) is 21.0. The SMILES string of the molecule is CC1=N/C(=C\c2ccc(/C=C3\N=C(C)OC3=O)cc2)C(=O)O1. The summed E-state index contributed by atoms with van der Waals surface area (Å²) >= 11 is 0. The lowest BCUT2D eigenvalue weighted by molar-refractivity contribution is -0.130. The van der Waals surface area contributed by atoms with E-state index in [2.05, 4.69) is 9.98 Å². The fourth-order valence-corrected chi connectivity index (χ4v) is 2.04. The van der Waals surface area contributed by atoms with Crippen LogP contribution < -0.4 is 0 Å². The van der Waals surface area contributed by atoms with Crippen LogP contribution in [-0.2, 0) is 19.1 Å². The van der Waals surface area contributed by atoms with Crippen LogP contribution in [-0.4, -0.2) is 23.7 Å². The Bertz CT molecular complexity index is 716. The van der Waals surface area contributed by atoms with Gasteiger partial charge in [-0.1, -0.05) is 24.3 Å². The van der Waals surface area contributed by atoms with Gasteiger partial charge < -0.3 is 9.47 Å². The van der Waals surface area contributed by atoms with Crippen LogP contribution in [0.4, 0.5) is 0 Å². The maximum Gasteiger partial charge on any atom is 0.363 e. The highest BCUT2D eigenvalue weighted by Gasteiger charge is 2.20. The van der Waals surface area contributed by atoms with Gasteiger partial charge in [0.2, 0.25) is 0 Å². The van der Waals surface area contributed by atoms with Crippen LogP contribution >= 0.6 is 0 Å². The largest absolute Gasteiger partial charge is 0.407 e.